The quantitative estimate of drug-likeness (QED) is 0.145. The van der Waals surface area contributed by atoms with Crippen LogP contribution in [0.25, 0.3) is 16.5 Å². The number of carbonyl (C=O) groups excluding carboxylic acids is 1. The lowest BCUT2D eigenvalue weighted by Gasteiger charge is -2.14. The van der Waals surface area contributed by atoms with Crippen LogP contribution in [0.15, 0.2) is 103 Å². The lowest BCUT2D eigenvalue weighted by molar-refractivity contribution is 0.262. The molecule has 0 atom stereocenters. The minimum absolute atomic E-state index is 0.132. The minimum Gasteiger partial charge on any atom is -0.508 e. The Morgan fingerprint density at radius 1 is 0.867 bits per heavy atom. The Hall–Kier alpha value is -5.90. The molecule has 2 aromatic heterocycles. The molecule has 10 heteroatoms. The van der Waals surface area contributed by atoms with Crippen LogP contribution in [0.1, 0.15) is 32.0 Å². The number of nitrogens with one attached hydrogen (secondary N) is 3. The maximum atomic E-state index is 13.4. The fourth-order valence-electron chi connectivity index (χ4n) is 4.74. The van der Waals surface area contributed by atoms with Crippen molar-refractivity contribution >= 4 is 39.9 Å². The SMILES string of the molecule is Cc1ccc(-n2nc(C(C)(C)C)cc2NC(=O)Nc2ccc(Oc3ccnc(Nc4cccc(O)c4)n3)c3ccccc23)cc1. The number of rotatable bonds is 7. The van der Waals surface area contributed by atoms with Crippen LogP contribution in [0.5, 0.6) is 17.4 Å². The van der Waals surface area contributed by atoms with Crippen molar-refractivity contribution in [3.63, 3.8) is 0 Å². The summed E-state index contributed by atoms with van der Waals surface area (Å²) in [4.78, 5) is 22.1. The van der Waals surface area contributed by atoms with Crippen molar-refractivity contribution in [2.24, 2.45) is 0 Å². The highest BCUT2D eigenvalue weighted by Crippen LogP contribution is 2.34. The molecule has 45 heavy (non-hydrogen) atoms. The van der Waals surface area contributed by atoms with E-state index in [1.807, 2.05) is 61.5 Å². The Kier molecular flexibility index (Phi) is 7.78. The van der Waals surface area contributed by atoms with Gasteiger partial charge in [-0.1, -0.05) is 68.8 Å². The first-order valence-electron chi connectivity index (χ1n) is 14.5. The maximum absolute atomic E-state index is 13.4. The number of hydrogen-bond acceptors (Lipinski definition) is 7. The summed E-state index contributed by atoms with van der Waals surface area (Å²) in [5.74, 6) is 1.90. The summed E-state index contributed by atoms with van der Waals surface area (Å²) in [6.07, 6.45) is 1.59. The molecule has 0 spiro atoms. The number of anilines is 4. The number of aromatic nitrogens is 4. The van der Waals surface area contributed by atoms with Crippen LogP contribution in [0.4, 0.5) is 27.9 Å². The summed E-state index contributed by atoms with van der Waals surface area (Å²) in [5, 5.41) is 25.2. The fourth-order valence-corrected chi connectivity index (χ4v) is 4.74. The number of nitrogens with zero attached hydrogens (tertiary/aromatic N) is 4. The molecule has 2 heterocycles. The molecule has 0 aliphatic carbocycles. The van der Waals surface area contributed by atoms with Crippen LogP contribution in [-0.2, 0) is 5.41 Å². The maximum Gasteiger partial charge on any atom is 0.324 e. The van der Waals surface area contributed by atoms with E-state index in [1.54, 1.807) is 53.3 Å². The van der Waals surface area contributed by atoms with E-state index in [2.05, 4.69) is 46.7 Å². The highest BCUT2D eigenvalue weighted by atomic mass is 16.5. The molecule has 6 aromatic rings. The van der Waals surface area contributed by atoms with Gasteiger partial charge in [-0.2, -0.15) is 10.1 Å². The normalized spacial score (nSPS) is 11.3. The van der Waals surface area contributed by atoms with E-state index in [0.29, 0.717) is 34.8 Å². The number of aromatic hydroxyl groups is 1. The highest BCUT2D eigenvalue weighted by molar-refractivity contribution is 6.07. The second-order valence-corrected chi connectivity index (χ2v) is 11.6. The van der Waals surface area contributed by atoms with Gasteiger partial charge >= 0.3 is 6.03 Å². The lowest BCUT2D eigenvalue weighted by atomic mass is 9.92. The van der Waals surface area contributed by atoms with Gasteiger partial charge in [0.1, 0.15) is 17.3 Å². The number of aryl methyl sites for hydroxylation is 1. The van der Waals surface area contributed by atoms with E-state index in [-0.39, 0.29) is 11.2 Å². The number of carbonyl (C=O) groups is 1. The van der Waals surface area contributed by atoms with Crippen LogP contribution >= 0.6 is 0 Å². The van der Waals surface area contributed by atoms with E-state index in [9.17, 15) is 9.90 Å². The summed E-state index contributed by atoms with van der Waals surface area (Å²) in [7, 11) is 0. The Morgan fingerprint density at radius 2 is 1.64 bits per heavy atom. The predicted molar refractivity (Wildman–Crippen MR) is 177 cm³/mol. The number of ether oxygens (including phenoxy) is 1. The number of phenols is 1. The first-order valence-corrected chi connectivity index (χ1v) is 14.5. The second-order valence-electron chi connectivity index (χ2n) is 11.6. The molecular formula is C35H33N7O3. The van der Waals surface area contributed by atoms with E-state index in [0.717, 1.165) is 27.7 Å². The Morgan fingerprint density at radius 3 is 2.40 bits per heavy atom. The summed E-state index contributed by atoms with van der Waals surface area (Å²) in [6.45, 7) is 8.29. The van der Waals surface area contributed by atoms with Crippen LogP contribution < -0.4 is 20.7 Å². The average molecular weight is 600 g/mol. The average Bonchev–Trinajstić information content (AvgIpc) is 3.43. The first kappa shape index (κ1) is 29.2. The van der Waals surface area contributed by atoms with Crippen LogP contribution in [0, 0.1) is 6.92 Å². The molecule has 10 nitrogen and oxygen atoms in total. The molecule has 0 aliphatic rings. The zero-order valence-corrected chi connectivity index (χ0v) is 25.4. The van der Waals surface area contributed by atoms with E-state index in [1.165, 1.54) is 0 Å². The molecule has 0 fully saturated rings. The third-order valence-electron chi connectivity index (χ3n) is 7.08. The number of benzene rings is 4. The second kappa shape index (κ2) is 12.0. The molecule has 0 unspecified atom stereocenters. The molecule has 2 amide bonds. The molecule has 6 rings (SSSR count). The Labute approximate surface area is 260 Å². The van der Waals surface area contributed by atoms with Crippen molar-refractivity contribution in [2.45, 2.75) is 33.1 Å². The number of hydrogen-bond donors (Lipinski definition) is 4. The standard InChI is InChI=1S/C35H33N7O3/c1-22-12-14-24(15-13-22)42-31(21-30(41-42)35(2,3)4)39-34(44)38-28-16-17-29(27-11-6-5-10-26(27)28)45-32-18-19-36-33(40-32)37-23-8-7-9-25(43)20-23/h5-21,43H,1-4H3,(H,36,37,40)(H2,38,39,44). The molecule has 0 saturated heterocycles. The highest BCUT2D eigenvalue weighted by Gasteiger charge is 2.22. The van der Waals surface area contributed by atoms with Crippen LogP contribution in [0.2, 0.25) is 0 Å². The molecule has 0 radical (unpaired) electrons. The molecule has 4 N–H and O–H groups in total. The van der Waals surface area contributed by atoms with Crippen molar-refractivity contribution in [1.82, 2.24) is 19.7 Å². The molecule has 0 bridgehead atoms. The molecule has 0 aliphatic heterocycles. The fraction of sp³-hybridized carbons (Fsp3) is 0.143. The van der Waals surface area contributed by atoms with Crippen molar-refractivity contribution < 1.29 is 14.6 Å². The third kappa shape index (κ3) is 6.70. The van der Waals surface area contributed by atoms with Crippen LogP contribution in [-0.4, -0.2) is 30.9 Å². The Bertz CT molecular complexity index is 2000. The number of amides is 2. The van der Waals surface area contributed by atoms with Gasteiger partial charge in [0.2, 0.25) is 11.8 Å². The number of urea groups is 1. The van der Waals surface area contributed by atoms with Gasteiger partial charge in [-0.15, -0.1) is 0 Å². The monoisotopic (exact) mass is 599 g/mol. The van der Waals surface area contributed by atoms with Gasteiger partial charge in [-0.25, -0.2) is 14.5 Å². The van der Waals surface area contributed by atoms with Gasteiger partial charge < -0.3 is 20.5 Å². The summed E-state index contributed by atoms with van der Waals surface area (Å²) in [5.41, 5.74) is 3.89. The molecule has 4 aromatic carbocycles. The minimum atomic E-state index is -0.402. The zero-order chi connectivity index (χ0) is 31.6. The van der Waals surface area contributed by atoms with Crippen molar-refractivity contribution in [1.29, 1.82) is 0 Å². The lowest BCUT2D eigenvalue weighted by Crippen LogP contribution is -2.21. The summed E-state index contributed by atoms with van der Waals surface area (Å²) < 4.78 is 7.93. The largest absolute Gasteiger partial charge is 0.508 e. The topological polar surface area (TPSA) is 126 Å². The number of fused-ring (bicyclic) bond motifs is 1. The molecular weight excluding hydrogens is 566 g/mol. The smallest absolute Gasteiger partial charge is 0.324 e. The molecule has 226 valence electrons. The summed E-state index contributed by atoms with van der Waals surface area (Å²) >= 11 is 0. The van der Waals surface area contributed by atoms with Crippen molar-refractivity contribution in [2.75, 3.05) is 16.0 Å². The van der Waals surface area contributed by atoms with Gasteiger partial charge in [-0.3, -0.25) is 5.32 Å². The third-order valence-corrected chi connectivity index (χ3v) is 7.08. The molecule has 0 saturated carbocycles. The van der Waals surface area contributed by atoms with Crippen LogP contribution in [0.3, 0.4) is 0 Å². The first-order chi connectivity index (χ1) is 21.6. The van der Waals surface area contributed by atoms with Gasteiger partial charge in [0.25, 0.3) is 0 Å². The van der Waals surface area contributed by atoms with E-state index in [4.69, 9.17) is 9.84 Å². The van der Waals surface area contributed by atoms with Gasteiger partial charge in [0.05, 0.1) is 17.1 Å². The predicted octanol–water partition coefficient (Wildman–Crippen LogP) is 8.31. The van der Waals surface area contributed by atoms with Gasteiger partial charge in [0, 0.05) is 46.3 Å². The zero-order valence-electron chi connectivity index (χ0n) is 25.4. The van der Waals surface area contributed by atoms with Crippen molar-refractivity contribution in [3.8, 4) is 23.1 Å². The van der Waals surface area contributed by atoms with E-state index < -0.39 is 6.03 Å². The summed E-state index contributed by atoms with van der Waals surface area (Å²) in [6, 6.07) is 29.1. The number of phenolic OH excluding ortho intramolecular Hbond substituents is 1. The van der Waals surface area contributed by atoms with Gasteiger partial charge in [0.15, 0.2) is 0 Å². The Balaban J connectivity index is 1.23. The van der Waals surface area contributed by atoms with Gasteiger partial charge in [-0.05, 0) is 43.3 Å². The van der Waals surface area contributed by atoms with E-state index >= 15 is 0 Å². The van der Waals surface area contributed by atoms with Crippen molar-refractivity contribution in [3.05, 3.63) is 115 Å².